The maximum Gasteiger partial charge on any atom is 0.148 e. The number of hydrogen-bond donors (Lipinski definition) is 2. The van der Waals surface area contributed by atoms with Crippen molar-refractivity contribution >= 4 is 29.5 Å². The number of hydrogen-bond acceptors (Lipinski definition) is 4. The van der Waals surface area contributed by atoms with Crippen LogP contribution in [0.1, 0.15) is 33.1 Å². The van der Waals surface area contributed by atoms with Crippen molar-refractivity contribution in [2.24, 2.45) is 0 Å². The highest BCUT2D eigenvalue weighted by Gasteiger charge is 2.46. The van der Waals surface area contributed by atoms with Crippen LogP contribution in [0.4, 0.5) is 0 Å². The Kier molecular flexibility index (Phi) is 8.79. The van der Waals surface area contributed by atoms with Crippen LogP contribution in [0.15, 0.2) is 95.9 Å². The van der Waals surface area contributed by atoms with Crippen LogP contribution in [0.25, 0.3) is 0 Å². The van der Waals surface area contributed by atoms with Crippen molar-refractivity contribution in [1.82, 2.24) is 0 Å². The molecule has 0 aromatic heterocycles. The molecule has 3 aromatic rings. The summed E-state index contributed by atoms with van der Waals surface area (Å²) in [5.74, 6) is 0.310. The molecule has 0 amide bonds. The molecule has 0 unspecified atom stereocenters. The maximum absolute atomic E-state index is 14.9. The second kappa shape index (κ2) is 11.3. The molecule has 3 rings (SSSR count). The molecule has 170 valence electrons. The van der Waals surface area contributed by atoms with E-state index in [1.54, 1.807) is 6.92 Å². The zero-order chi connectivity index (χ0) is 23.0. The van der Waals surface area contributed by atoms with E-state index < -0.39 is 24.5 Å². The minimum absolute atomic E-state index is 0.310. The van der Waals surface area contributed by atoms with E-state index in [1.807, 2.05) is 91.0 Å². The van der Waals surface area contributed by atoms with Gasteiger partial charge in [-0.2, -0.15) is 0 Å². The third-order valence-corrected chi connectivity index (χ3v) is 10.8. The molecule has 0 aliphatic carbocycles. The molecule has 0 heterocycles. The number of thioether (sulfide) groups is 1. The highest BCUT2D eigenvalue weighted by molar-refractivity contribution is 7.99. The van der Waals surface area contributed by atoms with Gasteiger partial charge in [0.05, 0.1) is 11.7 Å². The molecular weight excluding hydrogens is 435 g/mol. The predicted octanol–water partition coefficient (Wildman–Crippen LogP) is 5.46. The van der Waals surface area contributed by atoms with Crippen LogP contribution < -0.4 is 10.6 Å². The standard InChI is InChI=1S/C27H33O3PS/c1-3-4-20-25(26(28)27(2,29)21-32-24-18-12-7-13-19-24)31(30,22-14-8-5-9-15-22)23-16-10-6-11-17-23/h5-19,25-26,28-29H,3-4,20-21H2,1-2H3/t25-,26-,27+/m1/s1. The molecule has 0 fully saturated rings. The van der Waals surface area contributed by atoms with E-state index in [-0.39, 0.29) is 0 Å². The minimum atomic E-state index is -3.23. The Morgan fingerprint density at radius 1 is 0.875 bits per heavy atom. The van der Waals surface area contributed by atoms with Crippen molar-refractivity contribution < 1.29 is 14.8 Å². The quantitative estimate of drug-likeness (QED) is 0.290. The van der Waals surface area contributed by atoms with Crippen LogP contribution in [-0.2, 0) is 4.57 Å². The van der Waals surface area contributed by atoms with Gasteiger partial charge in [0, 0.05) is 26.9 Å². The molecule has 0 radical (unpaired) electrons. The summed E-state index contributed by atoms with van der Waals surface area (Å²) >= 11 is 1.50. The van der Waals surface area contributed by atoms with Gasteiger partial charge in [0.1, 0.15) is 7.14 Å². The Labute approximate surface area is 196 Å². The number of aliphatic hydroxyl groups is 2. The summed E-state index contributed by atoms with van der Waals surface area (Å²) in [7, 11) is -3.23. The molecule has 3 atom stereocenters. The van der Waals surface area contributed by atoms with E-state index in [9.17, 15) is 14.8 Å². The zero-order valence-corrected chi connectivity index (χ0v) is 20.5. The Hall–Kier alpha value is -1.84. The van der Waals surface area contributed by atoms with Gasteiger partial charge in [0.2, 0.25) is 0 Å². The van der Waals surface area contributed by atoms with E-state index in [0.29, 0.717) is 12.2 Å². The molecule has 2 N–H and O–H groups in total. The average Bonchev–Trinajstić information content (AvgIpc) is 2.84. The lowest BCUT2D eigenvalue weighted by Crippen LogP contribution is -2.50. The van der Waals surface area contributed by atoms with Gasteiger partial charge in [0.25, 0.3) is 0 Å². The number of aliphatic hydroxyl groups excluding tert-OH is 1. The molecule has 0 aliphatic heterocycles. The third-order valence-electron chi connectivity index (χ3n) is 5.88. The maximum atomic E-state index is 14.9. The SMILES string of the molecule is CCCC[C@H]([C@@H](O)[C@@](C)(O)CSc1ccccc1)P(=O)(c1ccccc1)c1ccccc1. The number of benzene rings is 3. The van der Waals surface area contributed by atoms with Gasteiger partial charge in [-0.25, -0.2) is 0 Å². The van der Waals surface area contributed by atoms with Gasteiger partial charge in [-0.1, -0.05) is 98.6 Å². The van der Waals surface area contributed by atoms with Crippen LogP contribution >= 0.6 is 18.9 Å². The second-order valence-corrected chi connectivity index (χ2v) is 12.5. The van der Waals surface area contributed by atoms with Crippen LogP contribution in [0.5, 0.6) is 0 Å². The first-order chi connectivity index (χ1) is 15.4. The summed E-state index contributed by atoms with van der Waals surface area (Å²) in [6.45, 7) is 3.75. The Bertz CT molecular complexity index is 950. The smallest absolute Gasteiger partial charge is 0.148 e. The minimum Gasteiger partial charge on any atom is -0.389 e. The molecule has 3 nitrogen and oxygen atoms in total. The van der Waals surface area contributed by atoms with Crippen LogP contribution in [0.2, 0.25) is 0 Å². The monoisotopic (exact) mass is 468 g/mol. The summed E-state index contributed by atoms with van der Waals surface area (Å²) < 4.78 is 14.9. The summed E-state index contributed by atoms with van der Waals surface area (Å²) in [4.78, 5) is 1.03. The van der Waals surface area contributed by atoms with Gasteiger partial charge < -0.3 is 14.8 Å². The molecular formula is C27H33O3PS. The van der Waals surface area contributed by atoms with Crippen LogP contribution in [-0.4, -0.2) is 33.3 Å². The largest absolute Gasteiger partial charge is 0.389 e. The van der Waals surface area contributed by atoms with Crippen molar-refractivity contribution in [3.05, 3.63) is 91.0 Å². The first-order valence-electron chi connectivity index (χ1n) is 11.2. The Morgan fingerprint density at radius 3 is 1.81 bits per heavy atom. The van der Waals surface area contributed by atoms with Crippen LogP contribution in [0.3, 0.4) is 0 Å². The molecule has 0 spiro atoms. The van der Waals surface area contributed by atoms with Crippen molar-refractivity contribution in [2.75, 3.05) is 5.75 Å². The fraction of sp³-hybridized carbons (Fsp3) is 0.333. The number of unbranched alkanes of at least 4 members (excludes halogenated alkanes) is 1. The lowest BCUT2D eigenvalue weighted by atomic mass is 9.96. The van der Waals surface area contributed by atoms with Crippen molar-refractivity contribution in [3.8, 4) is 0 Å². The number of rotatable bonds is 11. The summed E-state index contributed by atoms with van der Waals surface area (Å²) in [5, 5.41) is 24.4. The first-order valence-corrected chi connectivity index (χ1v) is 13.9. The van der Waals surface area contributed by atoms with E-state index >= 15 is 0 Å². The molecule has 32 heavy (non-hydrogen) atoms. The molecule has 0 bridgehead atoms. The van der Waals surface area contributed by atoms with E-state index in [1.165, 1.54) is 11.8 Å². The second-order valence-electron chi connectivity index (χ2n) is 8.44. The van der Waals surface area contributed by atoms with Gasteiger partial charge in [-0.15, -0.1) is 11.8 Å². The van der Waals surface area contributed by atoms with Gasteiger partial charge in [-0.3, -0.25) is 0 Å². The van der Waals surface area contributed by atoms with Gasteiger partial charge >= 0.3 is 0 Å². The van der Waals surface area contributed by atoms with E-state index in [4.69, 9.17) is 0 Å². The predicted molar refractivity (Wildman–Crippen MR) is 137 cm³/mol. The summed E-state index contributed by atoms with van der Waals surface area (Å²) in [6, 6.07) is 28.7. The van der Waals surface area contributed by atoms with Crippen molar-refractivity contribution in [1.29, 1.82) is 0 Å². The normalized spacial score (nSPS) is 15.6. The first kappa shape index (κ1) is 24.8. The highest BCUT2D eigenvalue weighted by atomic mass is 32.2. The summed E-state index contributed by atoms with van der Waals surface area (Å²) in [5.41, 5.74) is -1.99. The molecule has 5 heteroatoms. The third kappa shape index (κ3) is 5.74. The zero-order valence-electron chi connectivity index (χ0n) is 18.8. The van der Waals surface area contributed by atoms with Gasteiger partial charge in [0.15, 0.2) is 0 Å². The van der Waals surface area contributed by atoms with Crippen LogP contribution in [0, 0.1) is 0 Å². The summed E-state index contributed by atoms with van der Waals surface area (Å²) in [6.07, 6.45) is 1.18. The Balaban J connectivity index is 2.00. The topological polar surface area (TPSA) is 57.5 Å². The van der Waals surface area contributed by atoms with Gasteiger partial charge in [-0.05, 0) is 25.5 Å². The van der Waals surface area contributed by atoms with Crippen molar-refractivity contribution in [3.63, 3.8) is 0 Å². The lowest BCUT2D eigenvalue weighted by molar-refractivity contribution is -0.0465. The average molecular weight is 469 g/mol. The van der Waals surface area contributed by atoms with E-state index in [2.05, 4.69) is 6.92 Å². The van der Waals surface area contributed by atoms with Crippen molar-refractivity contribution in [2.45, 2.75) is 55.4 Å². The molecule has 0 saturated carbocycles. The highest BCUT2D eigenvalue weighted by Crippen LogP contribution is 2.53. The molecule has 3 aromatic carbocycles. The lowest BCUT2D eigenvalue weighted by Gasteiger charge is -2.39. The van der Waals surface area contributed by atoms with E-state index in [0.717, 1.165) is 28.3 Å². The fourth-order valence-corrected chi connectivity index (χ4v) is 8.57. The molecule has 0 aliphatic rings. The molecule has 0 saturated heterocycles. The fourth-order valence-electron chi connectivity index (χ4n) is 4.03. The Morgan fingerprint density at radius 2 is 1.34 bits per heavy atom.